The Hall–Kier alpha value is -1.86. The van der Waals surface area contributed by atoms with E-state index in [4.69, 9.17) is 4.74 Å². The molecule has 6 nitrogen and oxygen atoms in total. The van der Waals surface area contributed by atoms with E-state index in [1.54, 1.807) is 0 Å². The van der Waals surface area contributed by atoms with Crippen molar-refractivity contribution in [2.45, 2.75) is 11.9 Å². The maximum Gasteiger partial charge on any atom is 0.259 e. The number of likely N-dealkylation sites (N-methyl/N-ethyl adjacent to an activating group) is 1. The van der Waals surface area contributed by atoms with Crippen molar-refractivity contribution in [1.82, 2.24) is 14.3 Å². The van der Waals surface area contributed by atoms with Gasteiger partial charge in [0.25, 0.3) is 10.0 Å². The summed E-state index contributed by atoms with van der Waals surface area (Å²) in [6.45, 7) is 2.54. The third-order valence-electron chi connectivity index (χ3n) is 2.86. The number of aromatic nitrogens is 2. The Morgan fingerprint density at radius 3 is 2.60 bits per heavy atom. The monoisotopic (exact) mass is 295 g/mol. The zero-order chi connectivity index (χ0) is 14.6. The molecule has 2 aromatic rings. The van der Waals surface area contributed by atoms with Gasteiger partial charge in [-0.2, -0.15) is 4.31 Å². The van der Waals surface area contributed by atoms with Crippen LogP contribution in [0.15, 0.2) is 41.8 Å². The van der Waals surface area contributed by atoms with Gasteiger partial charge in [-0.05, 0) is 19.1 Å². The van der Waals surface area contributed by atoms with Crippen LogP contribution in [0.1, 0.15) is 5.56 Å². The number of sulfonamides is 1. The lowest BCUT2D eigenvalue weighted by Gasteiger charge is -2.16. The van der Waals surface area contributed by atoms with Crippen LogP contribution in [0, 0.1) is 6.92 Å². The number of aryl methyl sites for hydroxylation is 1. The van der Waals surface area contributed by atoms with Gasteiger partial charge in [0.2, 0.25) is 0 Å². The highest BCUT2D eigenvalue weighted by Crippen LogP contribution is 2.12. The second kappa shape index (κ2) is 6.06. The largest absolute Gasteiger partial charge is 0.492 e. The molecule has 0 unspecified atom stereocenters. The molecule has 2 rings (SSSR count). The van der Waals surface area contributed by atoms with E-state index in [0.29, 0.717) is 0 Å². The van der Waals surface area contributed by atoms with E-state index in [1.165, 1.54) is 23.9 Å². The summed E-state index contributed by atoms with van der Waals surface area (Å²) in [5, 5.41) is 0.0790. The molecule has 0 aliphatic rings. The number of H-pyrrole nitrogens is 1. The minimum atomic E-state index is -3.52. The molecule has 1 N–H and O–H groups in total. The first kappa shape index (κ1) is 14.5. The van der Waals surface area contributed by atoms with Crippen LogP contribution < -0.4 is 4.74 Å². The Balaban J connectivity index is 1.89. The van der Waals surface area contributed by atoms with E-state index >= 15 is 0 Å². The topological polar surface area (TPSA) is 75.3 Å². The number of benzene rings is 1. The smallest absolute Gasteiger partial charge is 0.259 e. The number of rotatable bonds is 6. The molecule has 20 heavy (non-hydrogen) atoms. The fourth-order valence-corrected chi connectivity index (χ4v) is 2.65. The zero-order valence-corrected chi connectivity index (χ0v) is 12.2. The Kier molecular flexibility index (Phi) is 4.41. The van der Waals surface area contributed by atoms with Crippen LogP contribution in [0.2, 0.25) is 0 Å². The van der Waals surface area contributed by atoms with Crippen molar-refractivity contribution < 1.29 is 13.2 Å². The Bertz CT molecular complexity index is 636. The van der Waals surface area contributed by atoms with Crippen LogP contribution in [0.25, 0.3) is 0 Å². The van der Waals surface area contributed by atoms with Gasteiger partial charge in [0.1, 0.15) is 12.4 Å². The van der Waals surface area contributed by atoms with Crippen LogP contribution in [0.5, 0.6) is 5.75 Å². The minimum absolute atomic E-state index is 0.0790. The Morgan fingerprint density at radius 2 is 2.00 bits per heavy atom. The van der Waals surface area contributed by atoms with E-state index in [0.717, 1.165) is 11.3 Å². The molecule has 0 saturated heterocycles. The highest BCUT2D eigenvalue weighted by Gasteiger charge is 2.21. The van der Waals surface area contributed by atoms with Crippen molar-refractivity contribution in [3.05, 3.63) is 42.4 Å². The van der Waals surface area contributed by atoms with Gasteiger partial charge in [-0.15, -0.1) is 0 Å². The predicted molar refractivity (Wildman–Crippen MR) is 75.1 cm³/mol. The first-order chi connectivity index (χ1) is 9.50. The van der Waals surface area contributed by atoms with Gasteiger partial charge in [0.15, 0.2) is 5.03 Å². The van der Waals surface area contributed by atoms with E-state index in [2.05, 4.69) is 9.97 Å². The minimum Gasteiger partial charge on any atom is -0.492 e. The van der Waals surface area contributed by atoms with Crippen molar-refractivity contribution >= 4 is 10.0 Å². The highest BCUT2D eigenvalue weighted by atomic mass is 32.2. The Morgan fingerprint density at radius 1 is 1.30 bits per heavy atom. The molecule has 0 aliphatic heterocycles. The number of hydrogen-bond acceptors (Lipinski definition) is 4. The SMILES string of the molecule is Cc1ccc(OCCN(C)S(=O)(=O)c2cnc[nH]2)cc1. The quantitative estimate of drug-likeness (QED) is 0.874. The van der Waals surface area contributed by atoms with Gasteiger partial charge < -0.3 is 9.72 Å². The second-order valence-electron chi connectivity index (χ2n) is 4.40. The highest BCUT2D eigenvalue weighted by molar-refractivity contribution is 7.89. The average molecular weight is 295 g/mol. The fraction of sp³-hybridized carbons (Fsp3) is 0.308. The summed E-state index contributed by atoms with van der Waals surface area (Å²) in [5.74, 6) is 0.725. The van der Waals surface area contributed by atoms with E-state index < -0.39 is 10.0 Å². The van der Waals surface area contributed by atoms with Gasteiger partial charge in [0, 0.05) is 13.6 Å². The molecular weight excluding hydrogens is 278 g/mol. The van der Waals surface area contributed by atoms with Crippen molar-refractivity contribution in [2.75, 3.05) is 20.2 Å². The van der Waals surface area contributed by atoms with Gasteiger partial charge in [0.05, 0.1) is 12.5 Å². The number of nitrogens with zero attached hydrogens (tertiary/aromatic N) is 2. The van der Waals surface area contributed by atoms with Crippen molar-refractivity contribution in [1.29, 1.82) is 0 Å². The average Bonchev–Trinajstić information content (AvgIpc) is 2.95. The molecule has 0 bridgehead atoms. The van der Waals surface area contributed by atoms with Crippen molar-refractivity contribution in [3.8, 4) is 5.75 Å². The molecule has 0 amide bonds. The standard InChI is InChI=1S/C13H17N3O3S/c1-11-3-5-12(6-4-11)19-8-7-16(2)20(17,18)13-9-14-10-15-13/h3-6,9-10H,7-8H2,1-2H3,(H,14,15). The van der Waals surface area contributed by atoms with E-state index in [9.17, 15) is 8.42 Å². The third kappa shape index (κ3) is 3.37. The zero-order valence-electron chi connectivity index (χ0n) is 11.4. The summed E-state index contributed by atoms with van der Waals surface area (Å²) in [5.41, 5.74) is 1.15. The first-order valence-corrected chi connectivity index (χ1v) is 7.58. The number of hydrogen-bond donors (Lipinski definition) is 1. The lowest BCUT2D eigenvalue weighted by Crippen LogP contribution is -2.31. The van der Waals surface area contributed by atoms with Crippen LogP contribution in [-0.4, -0.2) is 42.9 Å². The van der Waals surface area contributed by atoms with Gasteiger partial charge in [-0.25, -0.2) is 13.4 Å². The third-order valence-corrected chi connectivity index (χ3v) is 4.64. The summed E-state index contributed by atoms with van der Waals surface area (Å²) in [6.07, 6.45) is 2.62. The Labute approximate surface area is 118 Å². The maximum atomic E-state index is 12.1. The van der Waals surface area contributed by atoms with Gasteiger partial charge in [-0.1, -0.05) is 17.7 Å². The molecule has 1 aromatic carbocycles. The molecule has 1 heterocycles. The number of aromatic amines is 1. The first-order valence-electron chi connectivity index (χ1n) is 6.14. The summed E-state index contributed by atoms with van der Waals surface area (Å²) in [4.78, 5) is 6.31. The number of imidazole rings is 1. The van der Waals surface area contributed by atoms with Crippen LogP contribution in [0.4, 0.5) is 0 Å². The molecule has 0 radical (unpaired) electrons. The molecule has 108 valence electrons. The van der Waals surface area contributed by atoms with Gasteiger partial charge >= 0.3 is 0 Å². The molecule has 0 fully saturated rings. The summed E-state index contributed by atoms with van der Waals surface area (Å²) < 4.78 is 30.9. The second-order valence-corrected chi connectivity index (χ2v) is 6.42. The van der Waals surface area contributed by atoms with Crippen LogP contribution >= 0.6 is 0 Å². The summed E-state index contributed by atoms with van der Waals surface area (Å²) >= 11 is 0. The molecule has 0 aliphatic carbocycles. The lowest BCUT2D eigenvalue weighted by atomic mass is 10.2. The number of nitrogens with one attached hydrogen (secondary N) is 1. The summed E-state index contributed by atoms with van der Waals surface area (Å²) in [7, 11) is -2.01. The molecule has 0 atom stereocenters. The van der Waals surface area contributed by atoms with Crippen LogP contribution in [-0.2, 0) is 10.0 Å². The molecule has 0 spiro atoms. The molecule has 1 aromatic heterocycles. The lowest BCUT2D eigenvalue weighted by molar-refractivity contribution is 0.286. The predicted octanol–water partition coefficient (Wildman–Crippen LogP) is 1.42. The summed E-state index contributed by atoms with van der Waals surface area (Å²) in [6, 6.07) is 7.61. The molecule has 0 saturated carbocycles. The van der Waals surface area contributed by atoms with Crippen molar-refractivity contribution in [3.63, 3.8) is 0 Å². The molecular formula is C13H17N3O3S. The van der Waals surface area contributed by atoms with Crippen LogP contribution in [0.3, 0.4) is 0 Å². The fourth-order valence-electron chi connectivity index (χ4n) is 1.60. The number of ether oxygens (including phenoxy) is 1. The van der Waals surface area contributed by atoms with E-state index in [-0.39, 0.29) is 18.2 Å². The van der Waals surface area contributed by atoms with Crippen molar-refractivity contribution in [2.24, 2.45) is 0 Å². The van der Waals surface area contributed by atoms with E-state index in [1.807, 2.05) is 31.2 Å². The maximum absolute atomic E-state index is 12.1. The molecule has 7 heteroatoms. The normalized spacial score (nSPS) is 11.8. The van der Waals surface area contributed by atoms with Gasteiger partial charge in [-0.3, -0.25) is 0 Å².